The summed E-state index contributed by atoms with van der Waals surface area (Å²) in [7, 11) is 2.24. The third-order valence-corrected chi connectivity index (χ3v) is 3.97. The van der Waals surface area contributed by atoms with E-state index in [1.54, 1.807) is 0 Å². The standard InChI is InChI=1S/C16H25NO/c1-13-7-8-14(2)16(12-13)18-11-9-15-6-4-5-10-17(15)3/h7-8,12,15H,4-6,9-11H2,1-3H3. The Hall–Kier alpha value is -1.02. The van der Waals surface area contributed by atoms with Gasteiger partial charge in [-0.25, -0.2) is 0 Å². The Morgan fingerprint density at radius 2 is 2.11 bits per heavy atom. The molecule has 0 spiro atoms. The monoisotopic (exact) mass is 247 g/mol. The highest BCUT2D eigenvalue weighted by molar-refractivity contribution is 5.35. The van der Waals surface area contributed by atoms with Gasteiger partial charge in [0.25, 0.3) is 0 Å². The van der Waals surface area contributed by atoms with Crippen LogP contribution in [0.25, 0.3) is 0 Å². The lowest BCUT2D eigenvalue weighted by molar-refractivity contribution is 0.153. The summed E-state index contributed by atoms with van der Waals surface area (Å²) in [6.07, 6.45) is 5.19. The normalized spacial score (nSPS) is 20.9. The van der Waals surface area contributed by atoms with E-state index in [1.807, 2.05) is 0 Å². The fourth-order valence-electron chi connectivity index (χ4n) is 2.68. The number of piperidine rings is 1. The van der Waals surface area contributed by atoms with E-state index in [1.165, 1.54) is 36.9 Å². The molecule has 1 aliphatic rings. The summed E-state index contributed by atoms with van der Waals surface area (Å²) in [5, 5.41) is 0. The first-order valence-corrected chi connectivity index (χ1v) is 7.07. The second-order valence-corrected chi connectivity index (χ2v) is 5.54. The average molecular weight is 247 g/mol. The molecular formula is C16H25NO. The number of benzene rings is 1. The van der Waals surface area contributed by atoms with Crippen molar-refractivity contribution in [2.45, 2.75) is 45.6 Å². The molecule has 1 aliphatic heterocycles. The van der Waals surface area contributed by atoms with Crippen molar-refractivity contribution >= 4 is 0 Å². The Kier molecular flexibility index (Phi) is 4.65. The second-order valence-electron chi connectivity index (χ2n) is 5.54. The first kappa shape index (κ1) is 13.4. The van der Waals surface area contributed by atoms with Gasteiger partial charge < -0.3 is 9.64 Å². The minimum absolute atomic E-state index is 0.712. The summed E-state index contributed by atoms with van der Waals surface area (Å²) in [4.78, 5) is 2.48. The molecule has 1 fully saturated rings. The molecular weight excluding hydrogens is 222 g/mol. The number of hydrogen-bond donors (Lipinski definition) is 0. The van der Waals surface area contributed by atoms with Crippen LogP contribution in [0.2, 0.25) is 0 Å². The molecule has 18 heavy (non-hydrogen) atoms. The number of likely N-dealkylation sites (tertiary alicyclic amines) is 1. The minimum atomic E-state index is 0.712. The van der Waals surface area contributed by atoms with Gasteiger partial charge in [-0.05, 0) is 63.9 Å². The van der Waals surface area contributed by atoms with Gasteiger partial charge in [0.1, 0.15) is 5.75 Å². The molecule has 1 heterocycles. The Labute approximate surface area is 111 Å². The van der Waals surface area contributed by atoms with Gasteiger partial charge in [0, 0.05) is 6.04 Å². The van der Waals surface area contributed by atoms with Gasteiger partial charge in [0.15, 0.2) is 0 Å². The predicted octanol–water partition coefficient (Wildman–Crippen LogP) is 3.56. The van der Waals surface area contributed by atoms with Crippen molar-refractivity contribution in [2.24, 2.45) is 0 Å². The number of hydrogen-bond acceptors (Lipinski definition) is 2. The quantitative estimate of drug-likeness (QED) is 0.806. The molecule has 1 saturated heterocycles. The van der Waals surface area contributed by atoms with Crippen molar-refractivity contribution in [1.29, 1.82) is 0 Å². The van der Waals surface area contributed by atoms with Gasteiger partial charge in [0.05, 0.1) is 6.61 Å². The van der Waals surface area contributed by atoms with Crippen LogP contribution in [0.1, 0.15) is 36.8 Å². The summed E-state index contributed by atoms with van der Waals surface area (Å²) in [5.74, 6) is 1.05. The highest BCUT2D eigenvalue weighted by Crippen LogP contribution is 2.21. The summed E-state index contributed by atoms with van der Waals surface area (Å²) < 4.78 is 5.94. The van der Waals surface area contributed by atoms with Crippen LogP contribution in [0.4, 0.5) is 0 Å². The molecule has 1 aromatic rings. The number of aryl methyl sites for hydroxylation is 2. The van der Waals surface area contributed by atoms with E-state index in [2.05, 4.69) is 44.0 Å². The summed E-state index contributed by atoms with van der Waals surface area (Å²) in [6.45, 7) is 6.30. The molecule has 0 N–H and O–H groups in total. The predicted molar refractivity (Wildman–Crippen MR) is 76.3 cm³/mol. The third kappa shape index (κ3) is 3.49. The second kappa shape index (κ2) is 6.24. The molecule has 1 atom stereocenters. The first-order valence-electron chi connectivity index (χ1n) is 7.07. The van der Waals surface area contributed by atoms with Crippen LogP contribution in [-0.4, -0.2) is 31.1 Å². The summed E-state index contributed by atoms with van der Waals surface area (Å²) >= 11 is 0. The van der Waals surface area contributed by atoms with Gasteiger partial charge in [-0.3, -0.25) is 0 Å². The Morgan fingerprint density at radius 3 is 2.89 bits per heavy atom. The molecule has 0 saturated carbocycles. The van der Waals surface area contributed by atoms with E-state index in [4.69, 9.17) is 4.74 Å². The zero-order valence-electron chi connectivity index (χ0n) is 11.9. The van der Waals surface area contributed by atoms with Crippen molar-refractivity contribution in [3.8, 4) is 5.75 Å². The van der Waals surface area contributed by atoms with Crippen LogP contribution in [0.3, 0.4) is 0 Å². The maximum absolute atomic E-state index is 5.94. The average Bonchev–Trinajstić information content (AvgIpc) is 2.36. The smallest absolute Gasteiger partial charge is 0.122 e. The molecule has 0 bridgehead atoms. The van der Waals surface area contributed by atoms with Crippen LogP contribution in [-0.2, 0) is 0 Å². The summed E-state index contributed by atoms with van der Waals surface area (Å²) in [5.41, 5.74) is 2.50. The van der Waals surface area contributed by atoms with Crippen LogP contribution in [0.15, 0.2) is 18.2 Å². The number of rotatable bonds is 4. The molecule has 0 radical (unpaired) electrons. The van der Waals surface area contributed by atoms with E-state index in [0.29, 0.717) is 6.04 Å². The van der Waals surface area contributed by atoms with Crippen LogP contribution in [0.5, 0.6) is 5.75 Å². The van der Waals surface area contributed by atoms with E-state index in [-0.39, 0.29) is 0 Å². The minimum Gasteiger partial charge on any atom is -0.493 e. The molecule has 0 amide bonds. The van der Waals surface area contributed by atoms with Gasteiger partial charge in [-0.2, -0.15) is 0 Å². The molecule has 1 unspecified atom stereocenters. The lowest BCUT2D eigenvalue weighted by atomic mass is 10.0. The first-order chi connectivity index (χ1) is 8.66. The lowest BCUT2D eigenvalue weighted by Crippen LogP contribution is -2.37. The molecule has 2 heteroatoms. The highest BCUT2D eigenvalue weighted by Gasteiger charge is 2.18. The van der Waals surface area contributed by atoms with Crippen LogP contribution >= 0.6 is 0 Å². The zero-order chi connectivity index (χ0) is 13.0. The molecule has 2 rings (SSSR count). The van der Waals surface area contributed by atoms with Crippen LogP contribution in [0, 0.1) is 13.8 Å². The van der Waals surface area contributed by atoms with Gasteiger partial charge in [0.2, 0.25) is 0 Å². The third-order valence-electron chi connectivity index (χ3n) is 3.97. The maximum atomic E-state index is 5.94. The van der Waals surface area contributed by atoms with Crippen LogP contribution < -0.4 is 4.74 Å². The summed E-state index contributed by atoms with van der Waals surface area (Å²) in [6, 6.07) is 7.12. The van der Waals surface area contributed by atoms with E-state index >= 15 is 0 Å². The number of ether oxygens (including phenoxy) is 1. The van der Waals surface area contributed by atoms with E-state index in [0.717, 1.165) is 18.8 Å². The highest BCUT2D eigenvalue weighted by atomic mass is 16.5. The largest absolute Gasteiger partial charge is 0.493 e. The maximum Gasteiger partial charge on any atom is 0.122 e. The fourth-order valence-corrected chi connectivity index (χ4v) is 2.68. The van der Waals surface area contributed by atoms with Gasteiger partial charge in [-0.15, -0.1) is 0 Å². The Bertz CT molecular complexity index is 389. The fraction of sp³-hybridized carbons (Fsp3) is 0.625. The SMILES string of the molecule is Cc1ccc(C)c(OCCC2CCCCN2C)c1. The van der Waals surface area contributed by atoms with Crippen molar-refractivity contribution in [2.75, 3.05) is 20.2 Å². The number of nitrogens with zero attached hydrogens (tertiary/aromatic N) is 1. The Balaban J connectivity index is 1.82. The van der Waals surface area contributed by atoms with Crippen molar-refractivity contribution in [3.63, 3.8) is 0 Å². The van der Waals surface area contributed by atoms with Gasteiger partial charge >= 0.3 is 0 Å². The Morgan fingerprint density at radius 1 is 1.28 bits per heavy atom. The van der Waals surface area contributed by atoms with E-state index in [9.17, 15) is 0 Å². The molecule has 1 aromatic carbocycles. The van der Waals surface area contributed by atoms with Crippen molar-refractivity contribution in [3.05, 3.63) is 29.3 Å². The van der Waals surface area contributed by atoms with Crippen molar-refractivity contribution < 1.29 is 4.74 Å². The van der Waals surface area contributed by atoms with E-state index < -0.39 is 0 Å². The molecule has 0 aromatic heterocycles. The molecule has 2 nitrogen and oxygen atoms in total. The topological polar surface area (TPSA) is 12.5 Å². The molecule has 0 aliphatic carbocycles. The molecule has 100 valence electrons. The lowest BCUT2D eigenvalue weighted by Gasteiger charge is -2.32. The van der Waals surface area contributed by atoms with Crippen molar-refractivity contribution in [1.82, 2.24) is 4.90 Å². The zero-order valence-corrected chi connectivity index (χ0v) is 11.9. The van der Waals surface area contributed by atoms with Gasteiger partial charge in [-0.1, -0.05) is 18.6 Å².